The Balaban J connectivity index is 1.89. The van der Waals surface area contributed by atoms with E-state index < -0.39 is 0 Å². The summed E-state index contributed by atoms with van der Waals surface area (Å²) in [4.78, 5) is 19.0. The minimum Gasteiger partial charge on any atom is -0.337 e. The van der Waals surface area contributed by atoms with Crippen molar-refractivity contribution < 1.29 is 4.79 Å². The first kappa shape index (κ1) is 14.6. The highest BCUT2D eigenvalue weighted by Crippen LogP contribution is 2.33. The van der Waals surface area contributed by atoms with Crippen LogP contribution in [-0.2, 0) is 13.6 Å². The normalized spacial score (nSPS) is 14.2. The van der Waals surface area contributed by atoms with Crippen LogP contribution in [-0.4, -0.2) is 26.4 Å². The highest BCUT2D eigenvalue weighted by Gasteiger charge is 2.34. The van der Waals surface area contributed by atoms with Crippen LogP contribution < -0.4 is 0 Å². The molecular formula is C15H15BrClN3O. The highest BCUT2D eigenvalue weighted by atomic mass is 79.9. The predicted molar refractivity (Wildman–Crippen MR) is 85.3 cm³/mol. The second-order valence-corrected chi connectivity index (χ2v) is 6.45. The van der Waals surface area contributed by atoms with Crippen LogP contribution in [0.5, 0.6) is 0 Å². The van der Waals surface area contributed by atoms with E-state index in [2.05, 4.69) is 20.9 Å². The molecule has 1 aromatic carbocycles. The zero-order chi connectivity index (χ0) is 15.0. The second-order valence-electron chi connectivity index (χ2n) is 5.22. The quantitative estimate of drug-likeness (QED) is 0.826. The summed E-state index contributed by atoms with van der Waals surface area (Å²) < 4.78 is 2.67. The van der Waals surface area contributed by atoms with Gasteiger partial charge in [0, 0.05) is 30.0 Å². The van der Waals surface area contributed by atoms with Crippen LogP contribution in [0.3, 0.4) is 0 Å². The second kappa shape index (κ2) is 5.81. The number of hydrogen-bond donors (Lipinski definition) is 0. The molecule has 1 heterocycles. The number of aromatic nitrogens is 2. The van der Waals surface area contributed by atoms with Gasteiger partial charge in [0.25, 0.3) is 5.91 Å². The average Bonchev–Trinajstić information content (AvgIpc) is 3.22. The Kier molecular flexibility index (Phi) is 4.04. The molecule has 6 heteroatoms. The van der Waals surface area contributed by atoms with E-state index in [0.29, 0.717) is 23.2 Å². The minimum absolute atomic E-state index is 0.0354. The SMILES string of the molecule is Cn1ccnc1CN(C(=O)c1cccc(Br)c1Cl)C1CC1. The van der Waals surface area contributed by atoms with Gasteiger partial charge in [0.15, 0.2) is 0 Å². The fraction of sp³-hybridized carbons (Fsp3) is 0.333. The maximum atomic E-state index is 12.8. The van der Waals surface area contributed by atoms with E-state index in [1.54, 1.807) is 12.3 Å². The molecule has 0 radical (unpaired) electrons. The van der Waals surface area contributed by atoms with Crippen LogP contribution in [0, 0.1) is 0 Å². The third kappa shape index (κ3) is 2.99. The molecule has 1 aromatic heterocycles. The van der Waals surface area contributed by atoms with Crippen LogP contribution in [0.2, 0.25) is 5.02 Å². The third-order valence-electron chi connectivity index (χ3n) is 3.66. The molecule has 3 rings (SSSR count). The Labute approximate surface area is 136 Å². The van der Waals surface area contributed by atoms with Crippen molar-refractivity contribution in [2.24, 2.45) is 7.05 Å². The van der Waals surface area contributed by atoms with Gasteiger partial charge in [0.05, 0.1) is 17.1 Å². The van der Waals surface area contributed by atoms with Gasteiger partial charge in [-0.2, -0.15) is 0 Å². The van der Waals surface area contributed by atoms with Gasteiger partial charge in [-0.3, -0.25) is 4.79 Å². The van der Waals surface area contributed by atoms with Gasteiger partial charge in [-0.05, 0) is 40.9 Å². The summed E-state index contributed by atoms with van der Waals surface area (Å²) in [5.41, 5.74) is 0.534. The summed E-state index contributed by atoms with van der Waals surface area (Å²) in [6.45, 7) is 0.510. The van der Waals surface area contributed by atoms with E-state index >= 15 is 0 Å². The van der Waals surface area contributed by atoms with Gasteiger partial charge in [0.2, 0.25) is 0 Å². The van der Waals surface area contributed by atoms with Crippen molar-refractivity contribution >= 4 is 33.4 Å². The minimum atomic E-state index is -0.0354. The van der Waals surface area contributed by atoms with Gasteiger partial charge < -0.3 is 9.47 Å². The number of rotatable bonds is 4. The number of hydrogen-bond acceptors (Lipinski definition) is 2. The standard InChI is InChI=1S/C15H15BrClN3O/c1-19-8-7-18-13(19)9-20(10-5-6-10)15(21)11-3-2-4-12(16)14(11)17/h2-4,7-8,10H,5-6,9H2,1H3. The summed E-state index contributed by atoms with van der Waals surface area (Å²) in [6, 6.07) is 5.72. The van der Waals surface area contributed by atoms with Crippen LogP contribution in [0.4, 0.5) is 0 Å². The van der Waals surface area contributed by atoms with E-state index in [0.717, 1.165) is 23.1 Å². The average molecular weight is 369 g/mol. The maximum absolute atomic E-state index is 12.8. The number of carbonyl (C=O) groups excluding carboxylic acids is 1. The van der Waals surface area contributed by atoms with Crippen LogP contribution in [0.25, 0.3) is 0 Å². The van der Waals surface area contributed by atoms with E-state index in [9.17, 15) is 4.79 Å². The molecule has 0 spiro atoms. The van der Waals surface area contributed by atoms with Crippen molar-refractivity contribution in [3.63, 3.8) is 0 Å². The lowest BCUT2D eigenvalue weighted by molar-refractivity contribution is 0.0724. The summed E-state index contributed by atoms with van der Waals surface area (Å²) >= 11 is 9.62. The molecule has 0 unspecified atom stereocenters. The molecule has 1 aliphatic rings. The molecule has 110 valence electrons. The van der Waals surface area contributed by atoms with Gasteiger partial charge >= 0.3 is 0 Å². The summed E-state index contributed by atoms with van der Waals surface area (Å²) in [5.74, 6) is 0.841. The molecule has 1 fully saturated rings. The first-order valence-electron chi connectivity index (χ1n) is 6.79. The smallest absolute Gasteiger partial charge is 0.256 e. The van der Waals surface area contributed by atoms with Crippen molar-refractivity contribution in [1.29, 1.82) is 0 Å². The number of nitrogens with zero attached hydrogens (tertiary/aromatic N) is 3. The number of halogens is 2. The van der Waals surface area contributed by atoms with Crippen molar-refractivity contribution in [3.05, 3.63) is 51.5 Å². The topological polar surface area (TPSA) is 38.1 Å². The highest BCUT2D eigenvalue weighted by molar-refractivity contribution is 9.10. The third-order valence-corrected chi connectivity index (χ3v) is 4.96. The van der Waals surface area contributed by atoms with Crippen LogP contribution in [0.1, 0.15) is 29.0 Å². The summed E-state index contributed by atoms with van der Waals surface area (Å²) in [7, 11) is 1.93. The van der Waals surface area contributed by atoms with E-state index in [-0.39, 0.29) is 5.91 Å². The molecule has 0 N–H and O–H groups in total. The first-order chi connectivity index (χ1) is 10.1. The van der Waals surface area contributed by atoms with Gasteiger partial charge in [-0.1, -0.05) is 17.7 Å². The monoisotopic (exact) mass is 367 g/mol. The van der Waals surface area contributed by atoms with E-state index in [1.807, 2.05) is 34.8 Å². The van der Waals surface area contributed by atoms with Gasteiger partial charge in [0.1, 0.15) is 5.82 Å². The Hall–Kier alpha value is -1.33. The maximum Gasteiger partial charge on any atom is 0.256 e. The Morgan fingerprint density at radius 1 is 1.52 bits per heavy atom. The fourth-order valence-corrected chi connectivity index (χ4v) is 2.85. The molecule has 21 heavy (non-hydrogen) atoms. The van der Waals surface area contributed by atoms with Crippen molar-refractivity contribution in [1.82, 2.24) is 14.5 Å². The Bertz CT molecular complexity index is 681. The van der Waals surface area contributed by atoms with Crippen LogP contribution >= 0.6 is 27.5 Å². The lowest BCUT2D eigenvalue weighted by Crippen LogP contribution is -2.33. The molecule has 2 aromatic rings. The van der Waals surface area contributed by atoms with Gasteiger partial charge in [-0.25, -0.2) is 4.98 Å². The molecule has 0 bridgehead atoms. The largest absolute Gasteiger partial charge is 0.337 e. The Morgan fingerprint density at radius 3 is 2.90 bits per heavy atom. The zero-order valence-corrected chi connectivity index (χ0v) is 13.9. The number of imidazole rings is 1. The predicted octanol–water partition coefficient (Wildman–Crippen LogP) is 3.64. The van der Waals surface area contributed by atoms with Crippen molar-refractivity contribution in [2.75, 3.05) is 0 Å². The molecule has 0 saturated heterocycles. The molecule has 1 aliphatic carbocycles. The molecular weight excluding hydrogens is 354 g/mol. The van der Waals surface area contributed by atoms with Crippen LogP contribution in [0.15, 0.2) is 35.1 Å². The Morgan fingerprint density at radius 2 is 2.29 bits per heavy atom. The van der Waals surface area contributed by atoms with E-state index in [1.165, 1.54) is 0 Å². The molecule has 0 atom stereocenters. The zero-order valence-electron chi connectivity index (χ0n) is 11.6. The molecule has 0 aliphatic heterocycles. The van der Waals surface area contributed by atoms with Crippen molar-refractivity contribution in [2.45, 2.75) is 25.4 Å². The fourth-order valence-electron chi connectivity index (χ4n) is 2.28. The number of amides is 1. The lowest BCUT2D eigenvalue weighted by Gasteiger charge is -2.23. The van der Waals surface area contributed by atoms with E-state index in [4.69, 9.17) is 11.6 Å². The lowest BCUT2D eigenvalue weighted by atomic mass is 10.2. The number of benzene rings is 1. The molecule has 1 amide bonds. The molecule has 1 saturated carbocycles. The molecule has 4 nitrogen and oxygen atoms in total. The number of carbonyl (C=O) groups is 1. The first-order valence-corrected chi connectivity index (χ1v) is 7.96. The number of aryl methyl sites for hydroxylation is 1. The summed E-state index contributed by atoms with van der Waals surface area (Å²) in [6.07, 6.45) is 5.72. The van der Waals surface area contributed by atoms with Crippen molar-refractivity contribution in [3.8, 4) is 0 Å². The summed E-state index contributed by atoms with van der Waals surface area (Å²) in [5, 5.41) is 0.466. The van der Waals surface area contributed by atoms with Gasteiger partial charge in [-0.15, -0.1) is 0 Å².